The Bertz CT molecular complexity index is 542. The van der Waals surface area contributed by atoms with E-state index in [4.69, 9.17) is 4.74 Å². The number of hydrogen-bond acceptors (Lipinski definition) is 3. The van der Waals surface area contributed by atoms with Crippen LogP contribution in [-0.2, 0) is 16.0 Å². The lowest BCUT2D eigenvalue weighted by Crippen LogP contribution is -2.35. The van der Waals surface area contributed by atoms with E-state index in [1.165, 1.54) is 6.42 Å². The molecule has 1 fully saturated rings. The Morgan fingerprint density at radius 2 is 1.86 bits per heavy atom. The zero-order chi connectivity index (χ0) is 16.1. The maximum atomic E-state index is 12.3. The molecule has 1 saturated heterocycles. The fraction of sp³-hybridized carbons (Fsp3) is 0.647. The van der Waals surface area contributed by atoms with Gasteiger partial charge in [-0.3, -0.25) is 4.79 Å². The van der Waals surface area contributed by atoms with Crippen LogP contribution in [0.1, 0.15) is 59.9 Å². The number of rotatable bonds is 5. The van der Waals surface area contributed by atoms with Gasteiger partial charge in [-0.1, -0.05) is 0 Å². The van der Waals surface area contributed by atoms with E-state index in [0.29, 0.717) is 25.1 Å². The second kappa shape index (κ2) is 7.47. The van der Waals surface area contributed by atoms with E-state index in [0.717, 1.165) is 42.8 Å². The van der Waals surface area contributed by atoms with E-state index < -0.39 is 0 Å². The van der Waals surface area contributed by atoms with Gasteiger partial charge in [-0.05, 0) is 57.6 Å². The number of ether oxygens (including phenoxy) is 1. The van der Waals surface area contributed by atoms with Crippen molar-refractivity contribution >= 4 is 11.9 Å². The van der Waals surface area contributed by atoms with Crippen LogP contribution in [0.3, 0.4) is 0 Å². The molecule has 1 aromatic rings. The van der Waals surface area contributed by atoms with Crippen molar-refractivity contribution in [3.05, 3.63) is 22.5 Å². The summed E-state index contributed by atoms with van der Waals surface area (Å²) < 4.78 is 5.05. The van der Waals surface area contributed by atoms with Crippen LogP contribution >= 0.6 is 0 Å². The Morgan fingerprint density at radius 1 is 1.18 bits per heavy atom. The number of aromatic amines is 1. The molecule has 1 aliphatic rings. The highest BCUT2D eigenvalue weighted by atomic mass is 16.5. The fourth-order valence-electron chi connectivity index (χ4n) is 3.10. The van der Waals surface area contributed by atoms with Crippen molar-refractivity contribution in [2.24, 2.45) is 0 Å². The molecule has 0 saturated carbocycles. The Kier molecular flexibility index (Phi) is 5.63. The molecule has 0 atom stereocenters. The van der Waals surface area contributed by atoms with Gasteiger partial charge in [0.1, 0.15) is 5.69 Å². The van der Waals surface area contributed by atoms with E-state index in [9.17, 15) is 9.59 Å². The molecule has 0 radical (unpaired) electrons. The number of nitrogens with one attached hydrogen (secondary N) is 1. The Hall–Kier alpha value is -1.78. The van der Waals surface area contributed by atoms with Crippen LogP contribution in [0.5, 0.6) is 0 Å². The molecule has 0 unspecified atom stereocenters. The monoisotopic (exact) mass is 306 g/mol. The van der Waals surface area contributed by atoms with Gasteiger partial charge in [0.15, 0.2) is 0 Å². The minimum Gasteiger partial charge on any atom is -0.461 e. The standard InChI is InChI=1S/C17H26N2O3/c1-4-22-17(21)16-12(2)14(13(3)18-16)8-9-15(20)19-10-6-5-7-11-19/h18H,4-11H2,1-3H3. The molecule has 1 amide bonds. The quantitative estimate of drug-likeness (QED) is 0.851. The summed E-state index contributed by atoms with van der Waals surface area (Å²) >= 11 is 0. The molecule has 0 aromatic carbocycles. The number of esters is 1. The van der Waals surface area contributed by atoms with E-state index in [1.807, 2.05) is 18.7 Å². The maximum Gasteiger partial charge on any atom is 0.355 e. The lowest BCUT2D eigenvalue weighted by atomic mass is 10.0. The third-order valence-corrected chi connectivity index (χ3v) is 4.37. The number of hydrogen-bond donors (Lipinski definition) is 1. The number of likely N-dealkylation sites (tertiary alicyclic amines) is 1. The number of nitrogens with zero attached hydrogens (tertiary/aromatic N) is 1. The normalized spacial score (nSPS) is 15.0. The van der Waals surface area contributed by atoms with Crippen molar-refractivity contribution in [2.75, 3.05) is 19.7 Å². The first-order valence-corrected chi connectivity index (χ1v) is 8.17. The molecular formula is C17H26N2O3. The summed E-state index contributed by atoms with van der Waals surface area (Å²) in [5, 5.41) is 0. The fourth-order valence-corrected chi connectivity index (χ4v) is 3.10. The molecule has 2 rings (SSSR count). The molecule has 22 heavy (non-hydrogen) atoms. The predicted octanol–water partition coefficient (Wildman–Crippen LogP) is 2.75. The highest BCUT2D eigenvalue weighted by molar-refractivity contribution is 5.90. The summed E-state index contributed by atoms with van der Waals surface area (Å²) in [7, 11) is 0. The molecule has 5 nitrogen and oxygen atoms in total. The van der Waals surface area contributed by atoms with Gasteiger partial charge < -0.3 is 14.6 Å². The first-order valence-electron chi connectivity index (χ1n) is 8.17. The largest absolute Gasteiger partial charge is 0.461 e. The molecule has 0 bridgehead atoms. The number of carbonyl (C=O) groups is 2. The average Bonchev–Trinajstić information content (AvgIpc) is 2.81. The number of carbonyl (C=O) groups excluding carboxylic acids is 2. The summed E-state index contributed by atoms with van der Waals surface area (Å²) in [6.07, 6.45) is 4.62. The number of amides is 1. The molecular weight excluding hydrogens is 280 g/mol. The third-order valence-electron chi connectivity index (χ3n) is 4.37. The molecule has 1 aromatic heterocycles. The van der Waals surface area contributed by atoms with Gasteiger partial charge in [-0.25, -0.2) is 4.79 Å². The summed E-state index contributed by atoms with van der Waals surface area (Å²) in [6, 6.07) is 0. The van der Waals surface area contributed by atoms with Crippen molar-refractivity contribution in [1.29, 1.82) is 0 Å². The minimum absolute atomic E-state index is 0.220. The Balaban J connectivity index is 2.00. The van der Waals surface area contributed by atoms with Crippen molar-refractivity contribution in [2.45, 2.75) is 52.9 Å². The first-order chi connectivity index (χ1) is 10.5. The van der Waals surface area contributed by atoms with Gasteiger partial charge in [0, 0.05) is 25.2 Å². The van der Waals surface area contributed by atoms with Gasteiger partial charge in [-0.15, -0.1) is 0 Å². The Labute approximate surface area is 132 Å². The van der Waals surface area contributed by atoms with Crippen LogP contribution in [0.25, 0.3) is 0 Å². The Morgan fingerprint density at radius 3 is 2.50 bits per heavy atom. The zero-order valence-corrected chi connectivity index (χ0v) is 13.8. The minimum atomic E-state index is -0.322. The summed E-state index contributed by atoms with van der Waals surface area (Å²) in [5.41, 5.74) is 3.43. The van der Waals surface area contributed by atoms with Crippen LogP contribution in [-0.4, -0.2) is 41.5 Å². The first kappa shape index (κ1) is 16.6. The smallest absolute Gasteiger partial charge is 0.355 e. The van der Waals surface area contributed by atoms with Gasteiger partial charge >= 0.3 is 5.97 Å². The summed E-state index contributed by atoms with van der Waals surface area (Å²) in [4.78, 5) is 29.2. The third kappa shape index (κ3) is 3.70. The number of piperidine rings is 1. The molecule has 1 N–H and O–H groups in total. The highest BCUT2D eigenvalue weighted by Gasteiger charge is 2.20. The van der Waals surface area contributed by atoms with Crippen LogP contribution in [0.2, 0.25) is 0 Å². The van der Waals surface area contributed by atoms with Gasteiger partial charge in [0.05, 0.1) is 6.61 Å². The lowest BCUT2D eigenvalue weighted by Gasteiger charge is -2.26. The summed E-state index contributed by atoms with van der Waals surface area (Å²) in [5.74, 6) is -0.103. The average molecular weight is 306 g/mol. The second-order valence-electron chi connectivity index (χ2n) is 5.89. The van der Waals surface area contributed by atoms with Crippen molar-refractivity contribution < 1.29 is 14.3 Å². The molecule has 0 spiro atoms. The van der Waals surface area contributed by atoms with Crippen LogP contribution in [0.15, 0.2) is 0 Å². The van der Waals surface area contributed by atoms with Gasteiger partial charge in [0.25, 0.3) is 0 Å². The van der Waals surface area contributed by atoms with Crippen molar-refractivity contribution in [1.82, 2.24) is 9.88 Å². The predicted molar refractivity (Wildman–Crippen MR) is 85.0 cm³/mol. The SMILES string of the molecule is CCOC(=O)c1[nH]c(C)c(CCC(=O)N2CCCCC2)c1C. The second-order valence-corrected chi connectivity index (χ2v) is 5.89. The number of aryl methyl sites for hydroxylation is 1. The zero-order valence-electron chi connectivity index (χ0n) is 13.8. The van der Waals surface area contributed by atoms with E-state index in [2.05, 4.69) is 4.98 Å². The van der Waals surface area contributed by atoms with E-state index in [1.54, 1.807) is 6.92 Å². The topological polar surface area (TPSA) is 62.4 Å². The highest BCUT2D eigenvalue weighted by Crippen LogP contribution is 2.21. The van der Waals surface area contributed by atoms with Crippen LogP contribution in [0.4, 0.5) is 0 Å². The molecule has 0 aliphatic carbocycles. The van der Waals surface area contributed by atoms with Crippen molar-refractivity contribution in [3.8, 4) is 0 Å². The van der Waals surface area contributed by atoms with Gasteiger partial charge in [-0.2, -0.15) is 0 Å². The van der Waals surface area contributed by atoms with Crippen molar-refractivity contribution in [3.63, 3.8) is 0 Å². The maximum absolute atomic E-state index is 12.3. The van der Waals surface area contributed by atoms with Crippen LogP contribution < -0.4 is 0 Å². The molecule has 122 valence electrons. The number of aromatic nitrogens is 1. The van der Waals surface area contributed by atoms with E-state index in [-0.39, 0.29) is 11.9 Å². The summed E-state index contributed by atoms with van der Waals surface area (Å²) in [6.45, 7) is 7.78. The van der Waals surface area contributed by atoms with E-state index >= 15 is 0 Å². The van der Waals surface area contributed by atoms with Gasteiger partial charge in [0.2, 0.25) is 5.91 Å². The molecule has 1 aliphatic heterocycles. The molecule has 5 heteroatoms. The van der Waals surface area contributed by atoms with Crippen LogP contribution in [0, 0.1) is 13.8 Å². The lowest BCUT2D eigenvalue weighted by molar-refractivity contribution is -0.132. The number of H-pyrrole nitrogens is 1. The molecule has 2 heterocycles.